The molecule has 0 aliphatic heterocycles. The monoisotopic (exact) mass is 275 g/mol. The number of hydrogen-bond acceptors (Lipinski definition) is 5. The maximum absolute atomic E-state index is 10.9. The van der Waals surface area contributed by atoms with Crippen molar-refractivity contribution in [2.45, 2.75) is 12.8 Å². The molecule has 0 N–H and O–H groups in total. The molecule has 0 aliphatic carbocycles. The van der Waals surface area contributed by atoms with Gasteiger partial charge < -0.3 is 14.2 Å². The van der Waals surface area contributed by atoms with Crippen molar-refractivity contribution in [2.75, 3.05) is 20.5 Å². The van der Waals surface area contributed by atoms with Gasteiger partial charge in [-0.3, -0.25) is 10.1 Å². The molecular formula is C11H14ClNO5. The third kappa shape index (κ3) is 3.48. The number of ether oxygens (including phenoxy) is 3. The molecule has 7 heteroatoms. The van der Waals surface area contributed by atoms with Crippen molar-refractivity contribution in [3.63, 3.8) is 0 Å². The van der Waals surface area contributed by atoms with Gasteiger partial charge in [0.1, 0.15) is 0 Å². The maximum Gasteiger partial charge on any atom is 0.277 e. The zero-order chi connectivity index (χ0) is 13.5. The van der Waals surface area contributed by atoms with E-state index < -0.39 is 4.92 Å². The molecule has 1 aromatic carbocycles. The second kappa shape index (κ2) is 7.03. The van der Waals surface area contributed by atoms with Crippen LogP contribution in [0, 0.1) is 10.1 Å². The van der Waals surface area contributed by atoms with Crippen LogP contribution in [-0.2, 0) is 10.6 Å². The zero-order valence-electron chi connectivity index (χ0n) is 10.1. The van der Waals surface area contributed by atoms with Crippen LogP contribution < -0.4 is 9.47 Å². The highest BCUT2D eigenvalue weighted by atomic mass is 35.5. The van der Waals surface area contributed by atoms with Gasteiger partial charge in [-0.15, -0.1) is 11.6 Å². The van der Waals surface area contributed by atoms with Crippen molar-refractivity contribution in [2.24, 2.45) is 0 Å². The van der Waals surface area contributed by atoms with Gasteiger partial charge in [0.15, 0.2) is 18.3 Å². The first-order chi connectivity index (χ1) is 8.63. The molecule has 0 atom stereocenters. The normalized spacial score (nSPS) is 10.2. The van der Waals surface area contributed by atoms with E-state index in [9.17, 15) is 10.1 Å². The highest BCUT2D eigenvalue weighted by Gasteiger charge is 2.19. The molecule has 0 aromatic heterocycles. The zero-order valence-corrected chi connectivity index (χ0v) is 10.9. The number of nitrogens with zero attached hydrogens (tertiary/aromatic N) is 1. The Morgan fingerprint density at radius 1 is 1.39 bits per heavy atom. The van der Waals surface area contributed by atoms with E-state index in [2.05, 4.69) is 0 Å². The Morgan fingerprint density at radius 2 is 2.11 bits per heavy atom. The Bertz CT molecular complexity index is 424. The molecule has 0 fully saturated rings. The van der Waals surface area contributed by atoms with E-state index in [4.69, 9.17) is 25.8 Å². The summed E-state index contributed by atoms with van der Waals surface area (Å²) in [6.45, 7) is 2.31. The summed E-state index contributed by atoms with van der Waals surface area (Å²) in [4.78, 5) is 10.4. The molecule has 0 saturated carbocycles. The quantitative estimate of drug-likeness (QED) is 0.251. The highest BCUT2D eigenvalue weighted by molar-refractivity contribution is 6.17. The Morgan fingerprint density at radius 3 is 2.61 bits per heavy atom. The van der Waals surface area contributed by atoms with Crippen LogP contribution in [0.1, 0.15) is 12.5 Å². The van der Waals surface area contributed by atoms with Gasteiger partial charge in [0, 0.05) is 12.2 Å². The first kappa shape index (κ1) is 14.5. The molecule has 1 aromatic rings. The van der Waals surface area contributed by atoms with Gasteiger partial charge in [-0.1, -0.05) is 0 Å². The molecule has 18 heavy (non-hydrogen) atoms. The van der Waals surface area contributed by atoms with Gasteiger partial charge in [0.25, 0.3) is 5.69 Å². The number of methoxy groups -OCH3 is 1. The minimum Gasteiger partial charge on any atom is -0.493 e. The van der Waals surface area contributed by atoms with Crippen LogP contribution >= 0.6 is 11.6 Å². The molecule has 0 saturated heterocycles. The average molecular weight is 276 g/mol. The summed E-state index contributed by atoms with van der Waals surface area (Å²) in [5.41, 5.74) is 0.277. The van der Waals surface area contributed by atoms with Crippen LogP contribution in [-0.4, -0.2) is 25.4 Å². The van der Waals surface area contributed by atoms with Crippen molar-refractivity contribution in [1.82, 2.24) is 0 Å². The Balaban J connectivity index is 3.07. The van der Waals surface area contributed by atoms with Crippen molar-refractivity contribution in [1.29, 1.82) is 0 Å². The average Bonchev–Trinajstić information content (AvgIpc) is 2.38. The van der Waals surface area contributed by atoms with Crippen LogP contribution in [0.3, 0.4) is 0 Å². The lowest BCUT2D eigenvalue weighted by atomic mass is 10.2. The van der Waals surface area contributed by atoms with Gasteiger partial charge >= 0.3 is 0 Å². The standard InChI is InChI=1S/C11H14ClNO5/c1-3-17-7-18-11-5-9(13(14)15)8(6-12)4-10(11)16-2/h4-5H,3,6-7H2,1-2H3. The van der Waals surface area contributed by atoms with Crippen molar-refractivity contribution < 1.29 is 19.1 Å². The van der Waals surface area contributed by atoms with E-state index in [1.807, 2.05) is 6.92 Å². The third-order valence-corrected chi connectivity index (χ3v) is 2.50. The van der Waals surface area contributed by atoms with Crippen molar-refractivity contribution in [3.05, 3.63) is 27.8 Å². The minimum absolute atomic E-state index is 0.00420. The molecule has 0 heterocycles. The van der Waals surface area contributed by atoms with Gasteiger partial charge in [-0.2, -0.15) is 0 Å². The van der Waals surface area contributed by atoms with E-state index in [1.54, 1.807) is 0 Å². The molecule has 0 spiro atoms. The molecule has 0 radical (unpaired) electrons. The number of nitro groups is 1. The fourth-order valence-electron chi connectivity index (χ4n) is 1.33. The van der Waals surface area contributed by atoms with E-state index in [0.29, 0.717) is 17.9 Å². The molecule has 0 bridgehead atoms. The highest BCUT2D eigenvalue weighted by Crippen LogP contribution is 2.35. The summed E-state index contributed by atoms with van der Waals surface area (Å²) in [7, 11) is 1.45. The Hall–Kier alpha value is -1.53. The van der Waals surface area contributed by atoms with Gasteiger partial charge in [0.2, 0.25) is 0 Å². The number of benzene rings is 1. The second-order valence-corrected chi connectivity index (χ2v) is 3.54. The maximum atomic E-state index is 10.9. The van der Waals surface area contributed by atoms with Gasteiger partial charge in [-0.05, 0) is 13.0 Å². The Kier molecular flexibility index (Phi) is 5.67. The third-order valence-electron chi connectivity index (χ3n) is 2.21. The van der Waals surface area contributed by atoms with Crippen LogP contribution in [0.2, 0.25) is 0 Å². The number of nitro benzene ring substituents is 1. The lowest BCUT2D eigenvalue weighted by Crippen LogP contribution is -2.05. The predicted octanol–water partition coefficient (Wildman–Crippen LogP) is 2.72. The molecule has 1 rings (SSSR count). The molecule has 0 aliphatic rings. The molecule has 0 unspecified atom stereocenters. The second-order valence-electron chi connectivity index (χ2n) is 3.28. The van der Waals surface area contributed by atoms with E-state index in [-0.39, 0.29) is 24.1 Å². The molecule has 0 amide bonds. The topological polar surface area (TPSA) is 70.8 Å². The number of halogens is 1. The van der Waals surface area contributed by atoms with Crippen LogP contribution in [0.5, 0.6) is 11.5 Å². The fourth-order valence-corrected chi connectivity index (χ4v) is 1.54. The van der Waals surface area contributed by atoms with Crippen LogP contribution in [0.25, 0.3) is 0 Å². The number of rotatable bonds is 7. The molecule has 6 nitrogen and oxygen atoms in total. The van der Waals surface area contributed by atoms with Crippen molar-refractivity contribution in [3.8, 4) is 11.5 Å². The largest absolute Gasteiger partial charge is 0.493 e. The summed E-state index contributed by atoms with van der Waals surface area (Å²) in [5, 5.41) is 10.9. The summed E-state index contributed by atoms with van der Waals surface area (Å²) in [6, 6.07) is 2.78. The van der Waals surface area contributed by atoms with Gasteiger partial charge in [-0.25, -0.2) is 0 Å². The summed E-state index contributed by atoms with van der Waals surface area (Å²) >= 11 is 5.66. The van der Waals surface area contributed by atoms with E-state index >= 15 is 0 Å². The first-order valence-electron chi connectivity index (χ1n) is 5.25. The summed E-state index contributed by atoms with van der Waals surface area (Å²) < 4.78 is 15.4. The lowest BCUT2D eigenvalue weighted by Gasteiger charge is -2.11. The predicted molar refractivity (Wildman–Crippen MR) is 66.3 cm³/mol. The SMILES string of the molecule is CCOCOc1cc([N+](=O)[O-])c(CCl)cc1OC. The smallest absolute Gasteiger partial charge is 0.277 e. The first-order valence-corrected chi connectivity index (χ1v) is 5.79. The molecular weight excluding hydrogens is 262 g/mol. The van der Waals surface area contributed by atoms with E-state index in [1.165, 1.54) is 19.2 Å². The van der Waals surface area contributed by atoms with Crippen molar-refractivity contribution >= 4 is 17.3 Å². The fraction of sp³-hybridized carbons (Fsp3) is 0.455. The minimum atomic E-state index is -0.509. The summed E-state index contributed by atoms with van der Waals surface area (Å²) in [6.07, 6.45) is 0. The molecule has 100 valence electrons. The summed E-state index contributed by atoms with van der Waals surface area (Å²) in [5.74, 6) is 0.667. The van der Waals surface area contributed by atoms with E-state index in [0.717, 1.165) is 0 Å². The van der Waals surface area contributed by atoms with Crippen LogP contribution in [0.4, 0.5) is 5.69 Å². The number of hydrogen-bond donors (Lipinski definition) is 0. The van der Waals surface area contributed by atoms with Crippen LogP contribution in [0.15, 0.2) is 12.1 Å². The number of alkyl halides is 1. The van der Waals surface area contributed by atoms with Gasteiger partial charge in [0.05, 0.1) is 24.0 Å². The Labute approximate surface area is 110 Å². The lowest BCUT2D eigenvalue weighted by molar-refractivity contribution is -0.385.